The van der Waals surface area contributed by atoms with E-state index >= 15 is 0 Å². The van der Waals surface area contributed by atoms with Gasteiger partial charge in [0.15, 0.2) is 0 Å². The quantitative estimate of drug-likeness (QED) is 0.596. The molecule has 0 N–H and O–H groups in total. The minimum absolute atomic E-state index is 0.218. The molecule has 0 spiro atoms. The molecule has 1 saturated heterocycles. The predicted molar refractivity (Wildman–Crippen MR) is 125 cm³/mol. The van der Waals surface area contributed by atoms with Crippen molar-refractivity contribution >= 4 is 11.9 Å². The summed E-state index contributed by atoms with van der Waals surface area (Å²) in [6, 6.07) is 9.25. The second-order valence-corrected chi connectivity index (χ2v) is 11.6. The van der Waals surface area contributed by atoms with Gasteiger partial charge in [0, 0.05) is 19.5 Å². The average Bonchev–Trinajstić information content (AvgIpc) is 3.16. The van der Waals surface area contributed by atoms with Gasteiger partial charge in [-0.3, -0.25) is 4.79 Å². The Hall–Kier alpha value is -2.35. The normalized spacial score (nSPS) is 39.8. The van der Waals surface area contributed by atoms with Crippen molar-refractivity contribution in [3.8, 4) is 6.07 Å². The van der Waals surface area contributed by atoms with Gasteiger partial charge in [-0.2, -0.15) is 5.26 Å². The van der Waals surface area contributed by atoms with Crippen molar-refractivity contribution < 1.29 is 14.3 Å². The molecule has 5 rings (SSSR count). The zero-order chi connectivity index (χ0) is 23.4. The van der Waals surface area contributed by atoms with Gasteiger partial charge in [0.25, 0.3) is 0 Å². The van der Waals surface area contributed by atoms with E-state index in [1.165, 1.54) is 25.7 Å². The van der Waals surface area contributed by atoms with Crippen molar-refractivity contribution in [3.63, 3.8) is 0 Å². The van der Waals surface area contributed by atoms with Crippen LogP contribution in [0.25, 0.3) is 0 Å². The first-order valence-electron chi connectivity index (χ1n) is 12.7. The zero-order valence-electron chi connectivity index (χ0n) is 20.2. The number of rotatable bonds is 3. The molecule has 33 heavy (non-hydrogen) atoms. The standard InChI is InChI=1S/C28H36N2O3/c1-27-13-11-23-21(8-10-24-28(23,2)14-12-25(31)30(24)3)22(27)9-7-20(27)17-33-26(32)19-6-4-5-18(15-19)16-29/h4-6,15,20-24H,7-14,17H2,1-3H3/t20?,21-,22-,23+,24?,27+,28+/m0/s1. The lowest BCUT2D eigenvalue weighted by atomic mass is 9.47. The first-order chi connectivity index (χ1) is 15.8. The maximum atomic E-state index is 12.7. The molecule has 5 heteroatoms. The third-order valence-corrected chi connectivity index (χ3v) is 10.4. The SMILES string of the molecule is CN1C(=O)CC[C@@]2(C)C1CC[C@@H]1[C@H]2CC[C@]2(C)C(COC(=O)c3cccc(C#N)c3)CC[C@@H]12. The number of benzene rings is 1. The molecular weight excluding hydrogens is 412 g/mol. The largest absolute Gasteiger partial charge is 0.462 e. The lowest BCUT2D eigenvalue weighted by Crippen LogP contribution is -2.61. The van der Waals surface area contributed by atoms with E-state index in [2.05, 4.69) is 24.8 Å². The fourth-order valence-corrected chi connectivity index (χ4v) is 8.51. The number of ether oxygens (including phenoxy) is 1. The number of hydrogen-bond donors (Lipinski definition) is 0. The van der Waals surface area contributed by atoms with Crippen LogP contribution in [-0.2, 0) is 9.53 Å². The van der Waals surface area contributed by atoms with Gasteiger partial charge in [-0.05, 0) is 97.6 Å². The van der Waals surface area contributed by atoms with Gasteiger partial charge in [-0.1, -0.05) is 19.9 Å². The molecule has 0 aromatic heterocycles. The Bertz CT molecular complexity index is 999. The number of carbonyl (C=O) groups excluding carboxylic acids is 2. The van der Waals surface area contributed by atoms with E-state index in [0.717, 1.165) is 25.2 Å². The maximum Gasteiger partial charge on any atom is 0.338 e. The molecule has 1 amide bonds. The second-order valence-electron chi connectivity index (χ2n) is 11.6. The summed E-state index contributed by atoms with van der Waals surface area (Å²) in [7, 11) is 2.02. The van der Waals surface area contributed by atoms with Crippen molar-refractivity contribution in [2.45, 2.75) is 71.3 Å². The molecular formula is C28H36N2O3. The first kappa shape index (κ1) is 22.4. The lowest BCUT2D eigenvalue weighted by molar-refractivity contribution is -0.158. The van der Waals surface area contributed by atoms with E-state index in [1.807, 2.05) is 7.05 Å². The van der Waals surface area contributed by atoms with Gasteiger partial charge in [0.1, 0.15) is 0 Å². The van der Waals surface area contributed by atoms with Crippen LogP contribution in [0.4, 0.5) is 0 Å². The van der Waals surface area contributed by atoms with Gasteiger partial charge in [-0.25, -0.2) is 4.79 Å². The minimum Gasteiger partial charge on any atom is -0.462 e. The van der Waals surface area contributed by atoms with Gasteiger partial charge in [0.05, 0.1) is 23.8 Å². The van der Waals surface area contributed by atoms with Crippen LogP contribution in [0.5, 0.6) is 0 Å². The number of piperidine rings is 1. The summed E-state index contributed by atoms with van der Waals surface area (Å²) in [5.41, 5.74) is 1.40. The third-order valence-electron chi connectivity index (χ3n) is 10.4. The maximum absolute atomic E-state index is 12.7. The number of amides is 1. The van der Waals surface area contributed by atoms with Crippen LogP contribution in [-0.4, -0.2) is 36.5 Å². The van der Waals surface area contributed by atoms with Crippen LogP contribution in [0.15, 0.2) is 24.3 Å². The van der Waals surface area contributed by atoms with Crippen LogP contribution >= 0.6 is 0 Å². The molecule has 0 bridgehead atoms. The molecule has 1 aliphatic heterocycles. The molecule has 4 aliphatic rings. The smallest absolute Gasteiger partial charge is 0.338 e. The summed E-state index contributed by atoms with van der Waals surface area (Å²) in [6.45, 7) is 5.38. The fourth-order valence-electron chi connectivity index (χ4n) is 8.51. The van der Waals surface area contributed by atoms with Crippen LogP contribution in [0.3, 0.4) is 0 Å². The van der Waals surface area contributed by atoms with Gasteiger partial charge in [-0.15, -0.1) is 0 Å². The Morgan fingerprint density at radius 2 is 1.91 bits per heavy atom. The summed E-state index contributed by atoms with van der Waals surface area (Å²) < 4.78 is 5.80. The Labute approximate surface area is 197 Å². The van der Waals surface area contributed by atoms with E-state index in [4.69, 9.17) is 10.00 Å². The topological polar surface area (TPSA) is 70.4 Å². The Morgan fingerprint density at radius 1 is 1.12 bits per heavy atom. The van der Waals surface area contributed by atoms with Crippen molar-refractivity contribution in [2.24, 2.45) is 34.5 Å². The van der Waals surface area contributed by atoms with Crippen molar-refractivity contribution in [1.29, 1.82) is 5.26 Å². The second kappa shape index (κ2) is 8.15. The monoisotopic (exact) mass is 448 g/mol. The summed E-state index contributed by atoms with van der Waals surface area (Å²) in [5.74, 6) is 2.49. The molecule has 3 saturated carbocycles. The minimum atomic E-state index is -0.323. The molecule has 2 unspecified atom stereocenters. The molecule has 5 nitrogen and oxygen atoms in total. The number of hydrogen-bond acceptors (Lipinski definition) is 4. The number of likely N-dealkylation sites (tertiary alicyclic amines) is 1. The average molecular weight is 449 g/mol. The Balaban J connectivity index is 1.28. The van der Waals surface area contributed by atoms with E-state index in [0.29, 0.717) is 53.9 Å². The first-order valence-corrected chi connectivity index (χ1v) is 12.7. The van der Waals surface area contributed by atoms with Gasteiger partial charge in [0.2, 0.25) is 5.91 Å². The number of nitrogens with zero attached hydrogens (tertiary/aromatic N) is 2. The van der Waals surface area contributed by atoms with Crippen molar-refractivity contribution in [1.82, 2.24) is 4.90 Å². The summed E-state index contributed by atoms with van der Waals surface area (Å²) in [4.78, 5) is 27.1. The molecule has 0 radical (unpaired) electrons. The van der Waals surface area contributed by atoms with Crippen LogP contribution in [0.1, 0.15) is 81.1 Å². The highest BCUT2D eigenvalue weighted by molar-refractivity contribution is 5.89. The van der Waals surface area contributed by atoms with Crippen LogP contribution < -0.4 is 0 Å². The molecule has 3 aliphatic carbocycles. The lowest BCUT2D eigenvalue weighted by Gasteiger charge is -2.61. The van der Waals surface area contributed by atoms with E-state index in [1.54, 1.807) is 24.3 Å². The van der Waals surface area contributed by atoms with Gasteiger partial charge < -0.3 is 9.64 Å². The Kier molecular flexibility index (Phi) is 5.54. The number of esters is 1. The predicted octanol–water partition coefficient (Wildman–Crippen LogP) is 5.19. The van der Waals surface area contributed by atoms with E-state index < -0.39 is 0 Å². The highest BCUT2D eigenvalue weighted by Gasteiger charge is 2.61. The van der Waals surface area contributed by atoms with Crippen molar-refractivity contribution in [3.05, 3.63) is 35.4 Å². The van der Waals surface area contributed by atoms with E-state index in [9.17, 15) is 9.59 Å². The summed E-state index contributed by atoms with van der Waals surface area (Å²) >= 11 is 0. The molecule has 7 atom stereocenters. The number of fused-ring (bicyclic) bond motifs is 5. The Morgan fingerprint density at radius 3 is 2.70 bits per heavy atom. The van der Waals surface area contributed by atoms with E-state index in [-0.39, 0.29) is 16.8 Å². The fraction of sp³-hybridized carbons (Fsp3) is 0.679. The van der Waals surface area contributed by atoms with Crippen LogP contribution in [0, 0.1) is 45.8 Å². The van der Waals surface area contributed by atoms with Crippen molar-refractivity contribution in [2.75, 3.05) is 13.7 Å². The summed E-state index contributed by atoms with van der Waals surface area (Å²) in [6.07, 6.45) is 8.83. The molecule has 176 valence electrons. The molecule has 1 aromatic rings. The highest BCUT2D eigenvalue weighted by atomic mass is 16.5. The van der Waals surface area contributed by atoms with Gasteiger partial charge >= 0.3 is 5.97 Å². The molecule has 4 fully saturated rings. The zero-order valence-corrected chi connectivity index (χ0v) is 20.2. The molecule has 1 heterocycles. The number of nitriles is 1. The highest BCUT2D eigenvalue weighted by Crippen LogP contribution is 2.66. The number of carbonyl (C=O) groups is 2. The third kappa shape index (κ3) is 3.49. The van der Waals surface area contributed by atoms with Crippen LogP contribution in [0.2, 0.25) is 0 Å². The molecule has 1 aromatic carbocycles. The summed E-state index contributed by atoms with van der Waals surface area (Å²) in [5, 5.41) is 9.10.